The Balaban J connectivity index is 0.00000320. The second-order valence-electron chi connectivity index (χ2n) is 7.46. The van der Waals surface area contributed by atoms with Crippen LogP contribution >= 0.6 is 24.0 Å². The number of hydrogen-bond donors (Lipinski definition) is 3. The van der Waals surface area contributed by atoms with E-state index in [0.29, 0.717) is 18.2 Å². The highest BCUT2D eigenvalue weighted by Gasteiger charge is 2.20. The van der Waals surface area contributed by atoms with E-state index in [1.54, 1.807) is 12.1 Å². The van der Waals surface area contributed by atoms with E-state index in [1.807, 2.05) is 6.92 Å². The Morgan fingerprint density at radius 2 is 1.87 bits per heavy atom. The summed E-state index contributed by atoms with van der Waals surface area (Å²) in [5.41, 5.74) is 2.54. The first-order valence-corrected chi connectivity index (χ1v) is 10.4. The van der Waals surface area contributed by atoms with Gasteiger partial charge in [-0.2, -0.15) is 0 Å². The third kappa shape index (κ3) is 7.52. The van der Waals surface area contributed by atoms with E-state index < -0.39 is 0 Å². The van der Waals surface area contributed by atoms with Crippen molar-refractivity contribution in [1.82, 2.24) is 15.5 Å². The molecule has 7 heteroatoms. The Morgan fingerprint density at radius 1 is 1.13 bits per heavy atom. The third-order valence-electron chi connectivity index (χ3n) is 5.22. The molecule has 5 nitrogen and oxygen atoms in total. The molecule has 0 unspecified atom stereocenters. The molecule has 2 aromatic rings. The maximum atomic E-state index is 13.5. The first-order chi connectivity index (χ1) is 14.2. The number of rotatable bonds is 7. The smallest absolute Gasteiger partial charge is 0.191 e. The van der Waals surface area contributed by atoms with Gasteiger partial charge in [0.1, 0.15) is 5.82 Å². The predicted molar refractivity (Wildman–Crippen MR) is 130 cm³/mol. The van der Waals surface area contributed by atoms with Crippen LogP contribution in [0.3, 0.4) is 0 Å². The molecular formula is C23H32FIN4O. The number of nitrogens with zero attached hydrogens (tertiary/aromatic N) is 2. The number of benzene rings is 2. The van der Waals surface area contributed by atoms with Crippen LogP contribution in [0.2, 0.25) is 0 Å². The highest BCUT2D eigenvalue weighted by molar-refractivity contribution is 14.0. The summed E-state index contributed by atoms with van der Waals surface area (Å²) in [5.74, 6) is 0.399. The summed E-state index contributed by atoms with van der Waals surface area (Å²) in [7, 11) is 0. The maximum absolute atomic E-state index is 13.5. The van der Waals surface area contributed by atoms with Gasteiger partial charge >= 0.3 is 0 Å². The Kier molecular flexibility index (Phi) is 10.5. The normalized spacial score (nSPS) is 15.5. The van der Waals surface area contributed by atoms with Gasteiger partial charge in [0, 0.05) is 37.8 Å². The fraction of sp³-hybridized carbons (Fsp3) is 0.435. The van der Waals surface area contributed by atoms with Crippen LogP contribution in [0.5, 0.6) is 0 Å². The molecule has 0 radical (unpaired) electrons. The number of guanidine groups is 1. The van der Waals surface area contributed by atoms with Gasteiger partial charge in [-0.3, -0.25) is 4.90 Å². The largest absolute Gasteiger partial charge is 0.392 e. The van der Waals surface area contributed by atoms with E-state index in [1.165, 1.54) is 11.6 Å². The fourth-order valence-electron chi connectivity index (χ4n) is 3.61. The number of aliphatic hydroxyl groups is 1. The van der Waals surface area contributed by atoms with Crippen LogP contribution in [0, 0.1) is 5.82 Å². The molecule has 0 bridgehead atoms. The van der Waals surface area contributed by atoms with Gasteiger partial charge in [-0.1, -0.05) is 36.4 Å². The van der Waals surface area contributed by atoms with Crippen LogP contribution in [0.15, 0.2) is 53.5 Å². The first-order valence-electron chi connectivity index (χ1n) is 10.4. The van der Waals surface area contributed by atoms with Crippen molar-refractivity contribution in [2.24, 2.45) is 4.99 Å². The van der Waals surface area contributed by atoms with Crippen molar-refractivity contribution >= 4 is 29.9 Å². The summed E-state index contributed by atoms with van der Waals surface area (Å²) < 4.78 is 13.5. The lowest BCUT2D eigenvalue weighted by atomic mass is 10.0. The Morgan fingerprint density at radius 3 is 2.53 bits per heavy atom. The molecule has 0 saturated carbocycles. The molecule has 30 heavy (non-hydrogen) atoms. The molecular weight excluding hydrogens is 494 g/mol. The lowest BCUT2D eigenvalue weighted by Crippen LogP contribution is -2.48. The average molecular weight is 526 g/mol. The van der Waals surface area contributed by atoms with Crippen molar-refractivity contribution in [3.63, 3.8) is 0 Å². The molecule has 1 aliphatic heterocycles. The second-order valence-corrected chi connectivity index (χ2v) is 7.46. The molecule has 0 aromatic heterocycles. The SMILES string of the molecule is CCNC(=NCc1ccc(F)c(CO)c1)NC1CCN(Cc2ccccc2)CC1.I. The minimum Gasteiger partial charge on any atom is -0.392 e. The van der Waals surface area contributed by atoms with E-state index in [0.717, 1.165) is 50.5 Å². The topological polar surface area (TPSA) is 59.9 Å². The average Bonchev–Trinajstić information content (AvgIpc) is 2.75. The van der Waals surface area contributed by atoms with Crippen LogP contribution < -0.4 is 10.6 Å². The third-order valence-corrected chi connectivity index (χ3v) is 5.22. The Labute approximate surface area is 195 Å². The molecule has 0 aliphatic carbocycles. The second kappa shape index (κ2) is 12.9. The molecule has 2 aromatic carbocycles. The van der Waals surface area contributed by atoms with Crippen LogP contribution in [0.25, 0.3) is 0 Å². The highest BCUT2D eigenvalue weighted by atomic mass is 127. The molecule has 0 amide bonds. The number of nitrogens with one attached hydrogen (secondary N) is 2. The standard InChI is InChI=1S/C23H31FN4O.HI/c1-2-25-23(26-15-19-8-9-22(24)20(14-19)17-29)27-21-10-12-28(13-11-21)16-18-6-4-3-5-7-18;/h3-9,14,21,29H,2,10-13,15-17H2,1H3,(H2,25,26,27);1H. The first kappa shape index (κ1) is 24.6. The van der Waals surface area contributed by atoms with Gasteiger partial charge in [-0.15, -0.1) is 24.0 Å². The summed E-state index contributed by atoms with van der Waals surface area (Å²) in [6.45, 7) is 6.08. The number of aliphatic hydroxyl groups excluding tert-OH is 1. The lowest BCUT2D eigenvalue weighted by molar-refractivity contribution is 0.198. The number of halogens is 2. The van der Waals surface area contributed by atoms with Crippen molar-refractivity contribution in [2.45, 2.75) is 45.5 Å². The van der Waals surface area contributed by atoms with Crippen molar-refractivity contribution in [3.8, 4) is 0 Å². The fourth-order valence-corrected chi connectivity index (χ4v) is 3.61. The molecule has 1 saturated heterocycles. The highest BCUT2D eigenvalue weighted by Crippen LogP contribution is 2.14. The summed E-state index contributed by atoms with van der Waals surface area (Å²) in [6, 6.07) is 15.8. The molecule has 1 heterocycles. The summed E-state index contributed by atoms with van der Waals surface area (Å²) in [5, 5.41) is 16.1. The molecule has 3 rings (SSSR count). The molecule has 1 fully saturated rings. The van der Waals surface area contributed by atoms with Gasteiger partial charge in [-0.25, -0.2) is 9.38 Å². The molecule has 164 valence electrons. The van der Waals surface area contributed by atoms with Crippen molar-refractivity contribution < 1.29 is 9.50 Å². The van der Waals surface area contributed by atoms with Crippen molar-refractivity contribution in [1.29, 1.82) is 0 Å². The molecule has 0 spiro atoms. The maximum Gasteiger partial charge on any atom is 0.191 e. The van der Waals surface area contributed by atoms with Crippen LogP contribution in [-0.2, 0) is 19.7 Å². The van der Waals surface area contributed by atoms with Gasteiger partial charge < -0.3 is 15.7 Å². The van der Waals surface area contributed by atoms with Gasteiger partial charge in [0.2, 0.25) is 0 Å². The number of piperidine rings is 1. The summed E-state index contributed by atoms with van der Waals surface area (Å²) in [4.78, 5) is 7.14. The number of hydrogen-bond acceptors (Lipinski definition) is 3. The van der Waals surface area contributed by atoms with Crippen LogP contribution in [-0.4, -0.2) is 41.6 Å². The van der Waals surface area contributed by atoms with Crippen molar-refractivity contribution in [2.75, 3.05) is 19.6 Å². The Hall–Kier alpha value is -1.71. The molecule has 3 N–H and O–H groups in total. The quantitative estimate of drug-likeness (QED) is 0.293. The van der Waals surface area contributed by atoms with E-state index in [2.05, 4.69) is 50.9 Å². The monoisotopic (exact) mass is 526 g/mol. The van der Waals surface area contributed by atoms with Crippen molar-refractivity contribution in [3.05, 3.63) is 71.0 Å². The van der Waals surface area contributed by atoms with E-state index >= 15 is 0 Å². The zero-order valence-electron chi connectivity index (χ0n) is 17.5. The van der Waals surface area contributed by atoms with Crippen LogP contribution in [0.4, 0.5) is 4.39 Å². The van der Waals surface area contributed by atoms with Gasteiger partial charge in [0.15, 0.2) is 5.96 Å². The van der Waals surface area contributed by atoms with Gasteiger partial charge in [-0.05, 0) is 43.0 Å². The molecule has 1 aliphatic rings. The Bertz CT molecular complexity index is 795. The van der Waals surface area contributed by atoms with Gasteiger partial charge in [0.25, 0.3) is 0 Å². The zero-order valence-corrected chi connectivity index (χ0v) is 19.8. The molecule has 0 atom stereocenters. The minimum absolute atomic E-state index is 0. The zero-order chi connectivity index (χ0) is 20.5. The van der Waals surface area contributed by atoms with Gasteiger partial charge in [0.05, 0.1) is 13.2 Å². The summed E-state index contributed by atoms with van der Waals surface area (Å²) in [6.07, 6.45) is 2.14. The number of aliphatic imine (C=N–C) groups is 1. The van der Waals surface area contributed by atoms with E-state index in [9.17, 15) is 9.50 Å². The lowest BCUT2D eigenvalue weighted by Gasteiger charge is -2.33. The predicted octanol–water partition coefficient (Wildman–Crippen LogP) is 3.66. The van der Waals surface area contributed by atoms with Crippen LogP contribution in [0.1, 0.15) is 36.5 Å². The van der Waals surface area contributed by atoms with E-state index in [-0.39, 0.29) is 36.4 Å². The minimum atomic E-state index is -0.382. The van der Waals surface area contributed by atoms with E-state index in [4.69, 9.17) is 0 Å². The summed E-state index contributed by atoms with van der Waals surface area (Å²) >= 11 is 0. The number of likely N-dealkylation sites (tertiary alicyclic amines) is 1.